The molecule has 1 aromatic carbocycles. The minimum atomic E-state index is -0.906. The van der Waals surface area contributed by atoms with Crippen LogP contribution in [0.5, 0.6) is 0 Å². The summed E-state index contributed by atoms with van der Waals surface area (Å²) in [5.41, 5.74) is 2.36. The van der Waals surface area contributed by atoms with Gasteiger partial charge < -0.3 is 15.7 Å². The normalized spacial score (nSPS) is 11.7. The topological polar surface area (TPSA) is 78.4 Å². The molecule has 0 spiro atoms. The van der Waals surface area contributed by atoms with Crippen LogP contribution in [0.2, 0.25) is 0 Å². The van der Waals surface area contributed by atoms with Crippen molar-refractivity contribution in [3.05, 3.63) is 35.4 Å². The number of carbonyl (C=O) groups is 2. The highest BCUT2D eigenvalue weighted by molar-refractivity contribution is 5.75. The van der Waals surface area contributed by atoms with Crippen LogP contribution in [-0.2, 0) is 11.2 Å². The van der Waals surface area contributed by atoms with Crippen LogP contribution in [0.3, 0.4) is 0 Å². The van der Waals surface area contributed by atoms with Gasteiger partial charge in [-0.3, -0.25) is 4.79 Å². The summed E-state index contributed by atoms with van der Waals surface area (Å²) in [5, 5.41) is 14.1. The molecule has 0 aliphatic rings. The van der Waals surface area contributed by atoms with Gasteiger partial charge in [0.2, 0.25) is 0 Å². The second-order valence-corrected chi connectivity index (χ2v) is 4.84. The van der Waals surface area contributed by atoms with E-state index in [1.165, 1.54) is 11.1 Å². The number of hydrogen-bond acceptors (Lipinski definition) is 2. The molecule has 0 fully saturated rings. The monoisotopic (exact) mass is 278 g/mol. The van der Waals surface area contributed by atoms with Gasteiger partial charge >= 0.3 is 12.0 Å². The zero-order valence-electron chi connectivity index (χ0n) is 12.0. The molecule has 0 heterocycles. The third kappa shape index (κ3) is 6.22. The third-order valence-electron chi connectivity index (χ3n) is 3.03. The molecule has 110 valence electrons. The van der Waals surface area contributed by atoms with Crippen LogP contribution in [-0.4, -0.2) is 29.7 Å². The fourth-order valence-electron chi connectivity index (χ4n) is 1.93. The van der Waals surface area contributed by atoms with Crippen molar-refractivity contribution in [3.63, 3.8) is 0 Å². The molecular formula is C15H22N2O3. The van der Waals surface area contributed by atoms with E-state index in [4.69, 9.17) is 5.11 Å². The van der Waals surface area contributed by atoms with Gasteiger partial charge in [-0.25, -0.2) is 4.79 Å². The first-order chi connectivity index (χ1) is 9.51. The standard InChI is InChI=1S/C15H22N2O3/c1-3-13(10-14(18)19)17-15(20)16-8-7-12-6-4-5-11(2)9-12/h4-6,9,13H,3,7-8,10H2,1-2H3,(H,18,19)(H2,16,17,20). The van der Waals surface area contributed by atoms with Crippen LogP contribution in [0.25, 0.3) is 0 Å². The van der Waals surface area contributed by atoms with Crippen molar-refractivity contribution < 1.29 is 14.7 Å². The Morgan fingerprint density at radius 2 is 2.10 bits per heavy atom. The first-order valence-corrected chi connectivity index (χ1v) is 6.83. The van der Waals surface area contributed by atoms with Gasteiger partial charge in [0.05, 0.1) is 6.42 Å². The van der Waals surface area contributed by atoms with E-state index >= 15 is 0 Å². The summed E-state index contributed by atoms with van der Waals surface area (Å²) in [7, 11) is 0. The zero-order valence-corrected chi connectivity index (χ0v) is 12.0. The number of aryl methyl sites for hydroxylation is 1. The van der Waals surface area contributed by atoms with Crippen LogP contribution < -0.4 is 10.6 Å². The predicted octanol–water partition coefficient (Wildman–Crippen LogP) is 2.09. The van der Waals surface area contributed by atoms with E-state index < -0.39 is 5.97 Å². The van der Waals surface area contributed by atoms with Crippen LogP contribution in [0, 0.1) is 6.92 Å². The number of nitrogens with one attached hydrogen (secondary N) is 2. The summed E-state index contributed by atoms with van der Waals surface area (Å²) in [4.78, 5) is 22.2. The molecule has 1 atom stereocenters. The number of benzene rings is 1. The maximum Gasteiger partial charge on any atom is 0.315 e. The number of amides is 2. The fourth-order valence-corrected chi connectivity index (χ4v) is 1.93. The van der Waals surface area contributed by atoms with Crippen molar-refractivity contribution in [2.45, 2.75) is 39.2 Å². The largest absolute Gasteiger partial charge is 0.481 e. The van der Waals surface area contributed by atoms with Crippen LogP contribution >= 0.6 is 0 Å². The minimum Gasteiger partial charge on any atom is -0.481 e. The molecule has 0 saturated heterocycles. The van der Waals surface area contributed by atoms with Gasteiger partial charge in [-0.2, -0.15) is 0 Å². The van der Waals surface area contributed by atoms with Gasteiger partial charge in [0.15, 0.2) is 0 Å². The lowest BCUT2D eigenvalue weighted by Crippen LogP contribution is -2.43. The van der Waals surface area contributed by atoms with Crippen LogP contribution in [0.4, 0.5) is 4.79 Å². The Bertz CT molecular complexity index is 460. The summed E-state index contributed by atoms with van der Waals surface area (Å²) in [5.74, 6) is -0.906. The van der Waals surface area contributed by atoms with Crippen molar-refractivity contribution in [1.29, 1.82) is 0 Å². The number of aliphatic carboxylic acids is 1. The Kier molecular flexibility index (Phi) is 6.56. The second kappa shape index (κ2) is 8.19. The summed E-state index contributed by atoms with van der Waals surface area (Å²) in [6.07, 6.45) is 1.30. The van der Waals surface area contributed by atoms with Gasteiger partial charge in [-0.05, 0) is 25.3 Å². The summed E-state index contributed by atoms with van der Waals surface area (Å²) in [6.45, 7) is 4.40. The van der Waals surface area contributed by atoms with Crippen LogP contribution in [0.1, 0.15) is 30.9 Å². The molecule has 1 aromatic rings. The molecular weight excluding hydrogens is 256 g/mol. The number of urea groups is 1. The Balaban J connectivity index is 2.30. The van der Waals surface area contributed by atoms with E-state index in [1.54, 1.807) is 0 Å². The smallest absolute Gasteiger partial charge is 0.315 e. The van der Waals surface area contributed by atoms with Crippen molar-refractivity contribution in [1.82, 2.24) is 10.6 Å². The first kappa shape index (κ1) is 16.0. The Labute approximate surface area is 119 Å². The summed E-state index contributed by atoms with van der Waals surface area (Å²) < 4.78 is 0. The molecule has 0 bridgehead atoms. The quantitative estimate of drug-likeness (QED) is 0.714. The average molecular weight is 278 g/mol. The van der Waals surface area contributed by atoms with Crippen molar-refractivity contribution in [2.24, 2.45) is 0 Å². The highest BCUT2D eigenvalue weighted by Gasteiger charge is 2.13. The molecule has 2 amide bonds. The molecule has 0 aromatic heterocycles. The number of rotatable bonds is 7. The average Bonchev–Trinajstić information content (AvgIpc) is 2.37. The fraction of sp³-hybridized carbons (Fsp3) is 0.467. The van der Waals surface area contributed by atoms with E-state index in [1.807, 2.05) is 32.0 Å². The lowest BCUT2D eigenvalue weighted by Gasteiger charge is -2.15. The SMILES string of the molecule is CCC(CC(=O)O)NC(=O)NCCc1cccc(C)c1. The van der Waals surface area contributed by atoms with E-state index in [2.05, 4.69) is 16.7 Å². The lowest BCUT2D eigenvalue weighted by atomic mass is 10.1. The molecule has 1 rings (SSSR count). The van der Waals surface area contributed by atoms with Crippen molar-refractivity contribution in [2.75, 3.05) is 6.54 Å². The lowest BCUT2D eigenvalue weighted by molar-refractivity contribution is -0.137. The van der Waals surface area contributed by atoms with Crippen molar-refractivity contribution >= 4 is 12.0 Å². The number of carbonyl (C=O) groups excluding carboxylic acids is 1. The molecule has 20 heavy (non-hydrogen) atoms. The molecule has 1 unspecified atom stereocenters. The zero-order chi connectivity index (χ0) is 15.0. The summed E-state index contributed by atoms with van der Waals surface area (Å²) in [6, 6.07) is 7.48. The van der Waals surface area contributed by atoms with Gasteiger partial charge in [0.1, 0.15) is 0 Å². The first-order valence-electron chi connectivity index (χ1n) is 6.83. The predicted molar refractivity (Wildman–Crippen MR) is 77.7 cm³/mol. The Hall–Kier alpha value is -2.04. The van der Waals surface area contributed by atoms with E-state index in [-0.39, 0.29) is 18.5 Å². The summed E-state index contributed by atoms with van der Waals surface area (Å²) >= 11 is 0. The second-order valence-electron chi connectivity index (χ2n) is 4.84. The van der Waals surface area contributed by atoms with Gasteiger partial charge in [0, 0.05) is 12.6 Å². The molecule has 3 N–H and O–H groups in total. The van der Waals surface area contributed by atoms with Crippen molar-refractivity contribution in [3.8, 4) is 0 Å². The molecule has 0 aliphatic carbocycles. The van der Waals surface area contributed by atoms with E-state index in [9.17, 15) is 9.59 Å². The van der Waals surface area contributed by atoms with E-state index in [0.717, 1.165) is 6.42 Å². The molecule has 0 aliphatic heterocycles. The molecule has 0 saturated carbocycles. The van der Waals surface area contributed by atoms with Gasteiger partial charge in [-0.15, -0.1) is 0 Å². The number of hydrogen-bond donors (Lipinski definition) is 3. The highest BCUT2D eigenvalue weighted by Crippen LogP contribution is 2.04. The maximum atomic E-state index is 11.6. The Morgan fingerprint density at radius 3 is 2.70 bits per heavy atom. The maximum absolute atomic E-state index is 11.6. The number of carboxylic acid groups (broad SMARTS) is 1. The minimum absolute atomic E-state index is 0.0538. The van der Waals surface area contributed by atoms with Gasteiger partial charge in [0.25, 0.3) is 0 Å². The third-order valence-corrected chi connectivity index (χ3v) is 3.03. The number of carboxylic acids is 1. The van der Waals surface area contributed by atoms with Gasteiger partial charge in [-0.1, -0.05) is 36.8 Å². The van der Waals surface area contributed by atoms with E-state index in [0.29, 0.717) is 13.0 Å². The molecule has 5 heteroatoms. The Morgan fingerprint density at radius 1 is 1.35 bits per heavy atom. The molecule has 5 nitrogen and oxygen atoms in total. The highest BCUT2D eigenvalue weighted by atomic mass is 16.4. The van der Waals surface area contributed by atoms with Crippen LogP contribution in [0.15, 0.2) is 24.3 Å². The molecule has 0 radical (unpaired) electrons.